The molecule has 2 heterocycles. The Kier molecular flexibility index (Phi) is 2.71. The highest BCUT2D eigenvalue weighted by Gasteiger charge is 2.12. The molecule has 0 unspecified atom stereocenters. The van der Waals surface area contributed by atoms with Crippen LogP contribution in [0, 0.1) is 6.92 Å². The lowest BCUT2D eigenvalue weighted by Crippen LogP contribution is -2.12. The van der Waals surface area contributed by atoms with E-state index in [9.17, 15) is 0 Å². The number of nitrogens with zero attached hydrogens (tertiary/aromatic N) is 3. The molecule has 0 aliphatic carbocycles. The summed E-state index contributed by atoms with van der Waals surface area (Å²) in [5.74, 6) is 1.69. The zero-order valence-electron chi connectivity index (χ0n) is 11.3. The van der Waals surface area contributed by atoms with Gasteiger partial charge in [-0.15, -0.1) is 0 Å². The molecule has 0 aliphatic rings. The van der Waals surface area contributed by atoms with Gasteiger partial charge >= 0.3 is 0 Å². The molecular formula is C15H16N4. The molecule has 0 aliphatic heterocycles. The molecule has 0 fully saturated rings. The van der Waals surface area contributed by atoms with Gasteiger partial charge in [0, 0.05) is 25.4 Å². The highest BCUT2D eigenvalue weighted by Crippen LogP contribution is 2.26. The Labute approximate surface area is 112 Å². The number of hydrogen-bond acceptors (Lipinski definition) is 3. The van der Waals surface area contributed by atoms with Crippen LogP contribution in [0.4, 0.5) is 5.82 Å². The van der Waals surface area contributed by atoms with Gasteiger partial charge in [0.15, 0.2) is 5.82 Å². The molecule has 0 amide bonds. The molecule has 96 valence electrons. The van der Waals surface area contributed by atoms with E-state index in [0.29, 0.717) is 0 Å². The second-order valence-corrected chi connectivity index (χ2v) is 4.85. The van der Waals surface area contributed by atoms with Crippen molar-refractivity contribution < 1.29 is 0 Å². The fourth-order valence-corrected chi connectivity index (χ4v) is 2.18. The second kappa shape index (κ2) is 4.39. The summed E-state index contributed by atoms with van der Waals surface area (Å²) in [5, 5.41) is 1.06. The zero-order chi connectivity index (χ0) is 13.4. The summed E-state index contributed by atoms with van der Waals surface area (Å²) >= 11 is 0. The third-order valence-electron chi connectivity index (χ3n) is 3.06. The Bertz CT molecular complexity index is 714. The van der Waals surface area contributed by atoms with Crippen LogP contribution in [0.15, 0.2) is 36.4 Å². The van der Waals surface area contributed by atoms with Crippen molar-refractivity contribution in [1.82, 2.24) is 15.0 Å². The van der Waals surface area contributed by atoms with Gasteiger partial charge in [-0.1, -0.05) is 30.3 Å². The molecule has 0 bridgehead atoms. The van der Waals surface area contributed by atoms with Crippen molar-refractivity contribution in [3.05, 3.63) is 42.1 Å². The van der Waals surface area contributed by atoms with E-state index in [4.69, 9.17) is 0 Å². The first-order valence-electron chi connectivity index (χ1n) is 6.25. The Morgan fingerprint density at radius 1 is 1.05 bits per heavy atom. The molecule has 0 saturated carbocycles. The predicted molar refractivity (Wildman–Crippen MR) is 78.4 cm³/mol. The number of aromatic nitrogens is 3. The molecule has 1 aromatic carbocycles. The lowest BCUT2D eigenvalue weighted by molar-refractivity contribution is 1.06. The second-order valence-electron chi connectivity index (χ2n) is 4.85. The van der Waals surface area contributed by atoms with Gasteiger partial charge < -0.3 is 9.88 Å². The fourth-order valence-electron chi connectivity index (χ4n) is 2.18. The molecule has 3 aromatic rings. The molecule has 4 nitrogen and oxygen atoms in total. The first-order valence-corrected chi connectivity index (χ1v) is 6.25. The number of H-pyrrole nitrogens is 1. The Morgan fingerprint density at radius 2 is 1.79 bits per heavy atom. The van der Waals surface area contributed by atoms with Gasteiger partial charge in [0.2, 0.25) is 0 Å². The maximum Gasteiger partial charge on any atom is 0.163 e. The van der Waals surface area contributed by atoms with Gasteiger partial charge in [0.1, 0.15) is 11.5 Å². The maximum atomic E-state index is 4.68. The number of hydrogen-bond donors (Lipinski definition) is 1. The molecule has 19 heavy (non-hydrogen) atoms. The van der Waals surface area contributed by atoms with E-state index in [1.165, 1.54) is 0 Å². The largest absolute Gasteiger partial charge is 0.362 e. The third-order valence-corrected chi connectivity index (χ3v) is 3.06. The fraction of sp³-hybridized carbons (Fsp3) is 0.200. The summed E-state index contributed by atoms with van der Waals surface area (Å²) in [6, 6.07) is 12.1. The maximum absolute atomic E-state index is 4.68. The summed E-state index contributed by atoms with van der Waals surface area (Å²) in [6.45, 7) is 2.03. The summed E-state index contributed by atoms with van der Waals surface area (Å²) in [7, 11) is 4.00. The first kappa shape index (κ1) is 11.7. The summed E-state index contributed by atoms with van der Waals surface area (Å²) in [4.78, 5) is 14.6. The van der Waals surface area contributed by atoms with Gasteiger partial charge in [-0.3, -0.25) is 0 Å². The first-order chi connectivity index (χ1) is 9.15. The minimum Gasteiger partial charge on any atom is -0.362 e. The SMILES string of the molecule is Cc1cc2c(N(C)C)nc(-c3ccccc3)nc2[nH]1. The molecule has 3 rings (SSSR count). The third kappa shape index (κ3) is 2.05. The quantitative estimate of drug-likeness (QED) is 0.762. The van der Waals surface area contributed by atoms with Crippen molar-refractivity contribution >= 4 is 16.9 Å². The molecule has 0 spiro atoms. The number of rotatable bonds is 2. The number of aromatic amines is 1. The van der Waals surface area contributed by atoms with E-state index in [0.717, 1.165) is 33.9 Å². The van der Waals surface area contributed by atoms with Gasteiger partial charge in [-0.05, 0) is 13.0 Å². The number of benzene rings is 1. The van der Waals surface area contributed by atoms with Gasteiger partial charge in [-0.2, -0.15) is 0 Å². The van der Waals surface area contributed by atoms with E-state index in [1.807, 2.05) is 56.3 Å². The van der Waals surface area contributed by atoms with Crippen molar-refractivity contribution in [3.63, 3.8) is 0 Å². The number of anilines is 1. The van der Waals surface area contributed by atoms with Crippen molar-refractivity contribution in [2.24, 2.45) is 0 Å². The van der Waals surface area contributed by atoms with E-state index in [-0.39, 0.29) is 0 Å². The summed E-state index contributed by atoms with van der Waals surface area (Å²) in [6.07, 6.45) is 0. The molecule has 0 radical (unpaired) electrons. The minimum absolute atomic E-state index is 0.749. The lowest BCUT2D eigenvalue weighted by atomic mass is 10.2. The van der Waals surface area contributed by atoms with Crippen LogP contribution in [0.1, 0.15) is 5.69 Å². The van der Waals surface area contributed by atoms with Crippen LogP contribution in [0.2, 0.25) is 0 Å². The van der Waals surface area contributed by atoms with E-state index >= 15 is 0 Å². The molecule has 0 saturated heterocycles. The number of fused-ring (bicyclic) bond motifs is 1. The Morgan fingerprint density at radius 3 is 2.47 bits per heavy atom. The van der Waals surface area contributed by atoms with E-state index < -0.39 is 0 Å². The Balaban J connectivity index is 2.27. The molecule has 2 aromatic heterocycles. The molecular weight excluding hydrogens is 236 g/mol. The van der Waals surface area contributed by atoms with Gasteiger partial charge in [0.05, 0.1) is 5.39 Å². The molecule has 1 N–H and O–H groups in total. The van der Waals surface area contributed by atoms with Crippen molar-refractivity contribution in [3.8, 4) is 11.4 Å². The predicted octanol–water partition coefficient (Wildman–Crippen LogP) is 3.00. The lowest BCUT2D eigenvalue weighted by Gasteiger charge is -2.13. The van der Waals surface area contributed by atoms with Crippen LogP contribution >= 0.6 is 0 Å². The monoisotopic (exact) mass is 252 g/mol. The minimum atomic E-state index is 0.749. The average Bonchev–Trinajstić information content (AvgIpc) is 2.78. The summed E-state index contributed by atoms with van der Waals surface area (Å²) in [5.41, 5.74) is 3.01. The summed E-state index contributed by atoms with van der Waals surface area (Å²) < 4.78 is 0. The van der Waals surface area contributed by atoms with Crippen LogP contribution in [-0.2, 0) is 0 Å². The smallest absolute Gasteiger partial charge is 0.163 e. The number of aryl methyl sites for hydroxylation is 1. The standard InChI is InChI=1S/C15H16N4/c1-10-9-12-14(16-10)17-13(18-15(12)19(2)3)11-7-5-4-6-8-11/h4-9H,1-3H3,(H,16,17,18). The highest BCUT2D eigenvalue weighted by atomic mass is 15.2. The van der Waals surface area contributed by atoms with Crippen LogP contribution in [0.25, 0.3) is 22.4 Å². The normalized spacial score (nSPS) is 10.9. The zero-order valence-corrected chi connectivity index (χ0v) is 11.3. The average molecular weight is 252 g/mol. The number of nitrogens with one attached hydrogen (secondary N) is 1. The van der Waals surface area contributed by atoms with Crippen LogP contribution < -0.4 is 4.90 Å². The van der Waals surface area contributed by atoms with E-state index in [1.54, 1.807) is 0 Å². The topological polar surface area (TPSA) is 44.8 Å². The van der Waals surface area contributed by atoms with Crippen LogP contribution in [-0.4, -0.2) is 29.0 Å². The van der Waals surface area contributed by atoms with Crippen LogP contribution in [0.3, 0.4) is 0 Å². The van der Waals surface area contributed by atoms with Gasteiger partial charge in [-0.25, -0.2) is 9.97 Å². The van der Waals surface area contributed by atoms with E-state index in [2.05, 4.69) is 21.0 Å². The van der Waals surface area contributed by atoms with Crippen LogP contribution in [0.5, 0.6) is 0 Å². The Hall–Kier alpha value is -2.36. The molecule has 4 heteroatoms. The van der Waals surface area contributed by atoms with Crippen molar-refractivity contribution in [1.29, 1.82) is 0 Å². The molecule has 0 atom stereocenters. The van der Waals surface area contributed by atoms with Crippen molar-refractivity contribution in [2.75, 3.05) is 19.0 Å². The van der Waals surface area contributed by atoms with Crippen molar-refractivity contribution in [2.45, 2.75) is 6.92 Å². The van der Waals surface area contributed by atoms with Gasteiger partial charge in [0.25, 0.3) is 0 Å². The highest BCUT2D eigenvalue weighted by molar-refractivity contribution is 5.89.